The van der Waals surface area contributed by atoms with E-state index in [0.717, 1.165) is 0 Å². The van der Waals surface area contributed by atoms with Crippen molar-refractivity contribution >= 4 is 40.8 Å². The van der Waals surface area contributed by atoms with Crippen molar-refractivity contribution in [2.45, 2.75) is 27.7 Å². The van der Waals surface area contributed by atoms with Crippen LogP contribution in [-0.2, 0) is 14.3 Å². The van der Waals surface area contributed by atoms with Gasteiger partial charge in [-0.1, -0.05) is 44.0 Å². The molecule has 1 atom stereocenters. The van der Waals surface area contributed by atoms with Gasteiger partial charge in [-0.3, -0.25) is 9.59 Å². The van der Waals surface area contributed by atoms with Crippen LogP contribution in [0.25, 0.3) is 0 Å². The number of nitrogens with one attached hydrogen (secondary N) is 1. The molecule has 0 bridgehead atoms. The van der Waals surface area contributed by atoms with Gasteiger partial charge < -0.3 is 10.1 Å². The van der Waals surface area contributed by atoms with E-state index in [9.17, 15) is 9.59 Å². The molecule has 0 aliphatic heterocycles. The van der Waals surface area contributed by atoms with E-state index >= 15 is 0 Å². The summed E-state index contributed by atoms with van der Waals surface area (Å²) in [5.41, 5.74) is -0.167. The Morgan fingerprint density at radius 1 is 1.29 bits per heavy atom. The molecule has 4 nitrogen and oxygen atoms in total. The minimum absolute atomic E-state index is 0.223. The topological polar surface area (TPSA) is 55.4 Å². The van der Waals surface area contributed by atoms with Crippen molar-refractivity contribution < 1.29 is 14.3 Å². The standard InChI is InChI=1S/C15H19Cl2NO3/c1-5-21-14(20)12(15(2,3)4)13(19)18-11-7-6-9(16)8-10(11)17/h6-8,12H,5H2,1-4H3,(H,18,19). The third-order valence-electron chi connectivity index (χ3n) is 2.84. The average molecular weight is 332 g/mol. The van der Waals surface area contributed by atoms with E-state index in [1.165, 1.54) is 6.07 Å². The summed E-state index contributed by atoms with van der Waals surface area (Å²) in [6.07, 6.45) is 0. The molecule has 0 saturated carbocycles. The van der Waals surface area contributed by atoms with Crippen LogP contribution in [-0.4, -0.2) is 18.5 Å². The highest BCUT2D eigenvalue weighted by atomic mass is 35.5. The highest BCUT2D eigenvalue weighted by Gasteiger charge is 2.39. The first-order chi connectivity index (χ1) is 9.66. The second-order valence-electron chi connectivity index (χ2n) is 5.66. The van der Waals surface area contributed by atoms with Crippen molar-refractivity contribution in [1.29, 1.82) is 0 Å². The van der Waals surface area contributed by atoms with Gasteiger partial charge in [0.2, 0.25) is 5.91 Å². The van der Waals surface area contributed by atoms with Gasteiger partial charge in [-0.2, -0.15) is 0 Å². The highest BCUT2D eigenvalue weighted by molar-refractivity contribution is 6.36. The van der Waals surface area contributed by atoms with Gasteiger partial charge in [0.25, 0.3) is 0 Å². The molecule has 21 heavy (non-hydrogen) atoms. The Hall–Kier alpha value is -1.26. The van der Waals surface area contributed by atoms with E-state index in [2.05, 4.69) is 5.32 Å². The summed E-state index contributed by atoms with van der Waals surface area (Å²) < 4.78 is 4.98. The molecule has 0 aliphatic rings. The molecule has 1 unspecified atom stereocenters. The third-order valence-corrected chi connectivity index (χ3v) is 3.39. The first kappa shape index (κ1) is 17.8. The molecule has 1 amide bonds. The number of hydrogen-bond donors (Lipinski definition) is 1. The Morgan fingerprint density at radius 2 is 1.90 bits per heavy atom. The number of benzene rings is 1. The van der Waals surface area contributed by atoms with E-state index in [0.29, 0.717) is 15.7 Å². The molecule has 0 aliphatic carbocycles. The Bertz CT molecular complexity index is 538. The van der Waals surface area contributed by atoms with E-state index in [1.807, 2.05) is 0 Å². The van der Waals surface area contributed by atoms with E-state index in [-0.39, 0.29) is 6.61 Å². The van der Waals surface area contributed by atoms with Crippen LogP contribution < -0.4 is 5.32 Å². The van der Waals surface area contributed by atoms with Crippen molar-refractivity contribution in [3.05, 3.63) is 28.2 Å². The summed E-state index contributed by atoms with van der Waals surface area (Å²) in [6.45, 7) is 7.33. The molecule has 0 aromatic heterocycles. The van der Waals surface area contributed by atoms with Gasteiger partial charge in [-0.25, -0.2) is 0 Å². The second-order valence-corrected chi connectivity index (χ2v) is 6.51. The number of anilines is 1. The zero-order valence-corrected chi connectivity index (χ0v) is 14.0. The summed E-state index contributed by atoms with van der Waals surface area (Å²) in [4.78, 5) is 24.4. The van der Waals surface area contributed by atoms with Crippen molar-refractivity contribution in [3.8, 4) is 0 Å². The molecule has 0 heterocycles. The summed E-state index contributed by atoms with van der Waals surface area (Å²) in [5.74, 6) is -1.93. The monoisotopic (exact) mass is 331 g/mol. The molecule has 1 N–H and O–H groups in total. The lowest BCUT2D eigenvalue weighted by molar-refractivity contribution is -0.155. The quantitative estimate of drug-likeness (QED) is 0.665. The Morgan fingerprint density at radius 3 is 2.38 bits per heavy atom. The van der Waals surface area contributed by atoms with Gasteiger partial charge in [0.05, 0.1) is 17.3 Å². The molecule has 0 saturated heterocycles. The fourth-order valence-corrected chi connectivity index (χ4v) is 2.33. The largest absolute Gasteiger partial charge is 0.465 e. The minimum Gasteiger partial charge on any atom is -0.465 e. The fourth-order valence-electron chi connectivity index (χ4n) is 1.88. The lowest BCUT2D eigenvalue weighted by atomic mass is 9.80. The molecule has 0 radical (unpaired) electrons. The Labute approximate surface area is 134 Å². The third kappa shape index (κ3) is 4.90. The fraction of sp³-hybridized carbons (Fsp3) is 0.467. The smallest absolute Gasteiger partial charge is 0.319 e. The van der Waals surface area contributed by atoms with Crippen LogP contribution in [0.5, 0.6) is 0 Å². The van der Waals surface area contributed by atoms with Crippen LogP contribution in [0.1, 0.15) is 27.7 Å². The average Bonchev–Trinajstić information content (AvgIpc) is 2.31. The number of ether oxygens (including phenoxy) is 1. The number of rotatable bonds is 4. The van der Waals surface area contributed by atoms with Crippen LogP contribution in [0.4, 0.5) is 5.69 Å². The number of amides is 1. The molecule has 1 rings (SSSR count). The van der Waals surface area contributed by atoms with Crippen molar-refractivity contribution in [1.82, 2.24) is 0 Å². The van der Waals surface area contributed by atoms with Gasteiger partial charge in [0.1, 0.15) is 5.92 Å². The van der Waals surface area contributed by atoms with Gasteiger partial charge in [-0.15, -0.1) is 0 Å². The second kappa shape index (κ2) is 7.14. The van der Waals surface area contributed by atoms with Gasteiger partial charge in [-0.05, 0) is 30.5 Å². The molecule has 6 heteroatoms. The Kier molecular flexibility index (Phi) is 6.05. The lowest BCUT2D eigenvalue weighted by Crippen LogP contribution is -2.40. The Balaban J connectivity index is 2.99. The zero-order chi connectivity index (χ0) is 16.2. The molecular weight excluding hydrogens is 313 g/mol. The maximum Gasteiger partial charge on any atom is 0.319 e. The van der Waals surface area contributed by atoms with Crippen molar-refractivity contribution in [2.24, 2.45) is 11.3 Å². The van der Waals surface area contributed by atoms with Crippen LogP contribution >= 0.6 is 23.2 Å². The minimum atomic E-state index is -0.927. The highest BCUT2D eigenvalue weighted by Crippen LogP contribution is 2.31. The molecular formula is C15H19Cl2NO3. The van der Waals surface area contributed by atoms with Crippen molar-refractivity contribution in [2.75, 3.05) is 11.9 Å². The predicted molar refractivity (Wildman–Crippen MR) is 84.7 cm³/mol. The molecule has 0 spiro atoms. The number of hydrogen-bond acceptors (Lipinski definition) is 3. The van der Waals surface area contributed by atoms with E-state index in [1.54, 1.807) is 39.8 Å². The molecule has 1 aromatic rings. The summed E-state index contributed by atoms with van der Waals surface area (Å²) in [7, 11) is 0. The van der Waals surface area contributed by atoms with Crippen LogP contribution in [0, 0.1) is 11.3 Å². The first-order valence-electron chi connectivity index (χ1n) is 6.59. The number of halogens is 2. The van der Waals surface area contributed by atoms with Gasteiger partial charge >= 0.3 is 5.97 Å². The lowest BCUT2D eigenvalue weighted by Gasteiger charge is -2.27. The zero-order valence-electron chi connectivity index (χ0n) is 12.5. The van der Waals surface area contributed by atoms with Crippen LogP contribution in [0.3, 0.4) is 0 Å². The first-order valence-corrected chi connectivity index (χ1v) is 7.35. The summed E-state index contributed by atoms with van der Waals surface area (Å²) >= 11 is 11.8. The van der Waals surface area contributed by atoms with Gasteiger partial charge in [0, 0.05) is 5.02 Å². The van der Waals surface area contributed by atoms with Crippen LogP contribution in [0.15, 0.2) is 18.2 Å². The predicted octanol–water partition coefficient (Wildman–Crippen LogP) is 4.16. The molecule has 0 fully saturated rings. The maximum absolute atomic E-state index is 12.4. The number of esters is 1. The number of carbonyl (C=O) groups excluding carboxylic acids is 2. The van der Waals surface area contributed by atoms with E-state index in [4.69, 9.17) is 27.9 Å². The summed E-state index contributed by atoms with van der Waals surface area (Å²) in [5, 5.41) is 3.43. The summed E-state index contributed by atoms with van der Waals surface area (Å²) in [6, 6.07) is 4.72. The normalized spacial score (nSPS) is 12.7. The number of carbonyl (C=O) groups is 2. The van der Waals surface area contributed by atoms with Crippen LogP contribution in [0.2, 0.25) is 10.0 Å². The van der Waals surface area contributed by atoms with E-state index < -0.39 is 23.2 Å². The molecule has 1 aromatic carbocycles. The SMILES string of the molecule is CCOC(=O)C(C(=O)Nc1ccc(Cl)cc1Cl)C(C)(C)C. The van der Waals surface area contributed by atoms with Crippen molar-refractivity contribution in [3.63, 3.8) is 0 Å². The van der Waals surface area contributed by atoms with Gasteiger partial charge in [0.15, 0.2) is 0 Å². The maximum atomic E-state index is 12.4. The molecule has 116 valence electrons.